The summed E-state index contributed by atoms with van der Waals surface area (Å²) in [5.74, 6) is -2.15. The van der Waals surface area contributed by atoms with Gasteiger partial charge >= 0.3 is 5.97 Å². The number of nitrogens with zero attached hydrogens (tertiary/aromatic N) is 1. The quantitative estimate of drug-likeness (QED) is 0.931. The molecule has 1 aromatic carbocycles. The summed E-state index contributed by atoms with van der Waals surface area (Å²) < 4.78 is 13.0. The number of amides is 1. The second-order valence-corrected chi connectivity index (χ2v) is 5.87. The Morgan fingerprint density at radius 1 is 1.10 bits per heavy atom. The number of rotatable bonds is 3. The summed E-state index contributed by atoms with van der Waals surface area (Å²) >= 11 is 0. The molecule has 2 fully saturated rings. The van der Waals surface area contributed by atoms with Crippen molar-refractivity contribution in [1.29, 1.82) is 0 Å². The maximum absolute atomic E-state index is 13.0. The van der Waals surface area contributed by atoms with Crippen LogP contribution in [0.1, 0.15) is 37.3 Å². The summed E-state index contributed by atoms with van der Waals surface area (Å²) in [7, 11) is 0. The Balaban J connectivity index is 1.76. The Bertz CT molecular complexity index is 557. The van der Waals surface area contributed by atoms with E-state index in [1.54, 1.807) is 17.0 Å². The van der Waals surface area contributed by atoms with E-state index < -0.39 is 11.9 Å². The molecular formula is C16H18FNO3. The van der Waals surface area contributed by atoms with Crippen molar-refractivity contribution in [3.63, 3.8) is 0 Å². The first-order chi connectivity index (χ1) is 10.1. The van der Waals surface area contributed by atoms with Gasteiger partial charge in [0.05, 0.1) is 17.9 Å². The molecule has 2 aliphatic rings. The number of carboxylic acids is 1. The van der Waals surface area contributed by atoms with Crippen molar-refractivity contribution in [2.24, 2.45) is 11.8 Å². The Kier molecular flexibility index (Phi) is 3.66. The molecule has 1 aromatic rings. The van der Waals surface area contributed by atoms with Crippen LogP contribution in [0.3, 0.4) is 0 Å². The van der Waals surface area contributed by atoms with Gasteiger partial charge in [-0.1, -0.05) is 12.1 Å². The number of likely N-dealkylation sites (tertiary alicyclic amines) is 1. The monoisotopic (exact) mass is 291 g/mol. The van der Waals surface area contributed by atoms with Gasteiger partial charge < -0.3 is 10.0 Å². The fourth-order valence-electron chi connectivity index (χ4n) is 3.37. The van der Waals surface area contributed by atoms with E-state index in [-0.39, 0.29) is 23.7 Å². The lowest BCUT2D eigenvalue weighted by Gasteiger charge is -2.37. The molecule has 1 saturated carbocycles. The fraction of sp³-hybridized carbons (Fsp3) is 0.500. The van der Waals surface area contributed by atoms with Crippen LogP contribution < -0.4 is 0 Å². The first-order valence-electron chi connectivity index (χ1n) is 7.36. The number of carbonyl (C=O) groups excluding carboxylic acids is 1. The minimum absolute atomic E-state index is 0.0480. The topological polar surface area (TPSA) is 57.6 Å². The van der Waals surface area contributed by atoms with E-state index in [0.29, 0.717) is 19.4 Å². The van der Waals surface area contributed by atoms with Crippen LogP contribution >= 0.6 is 0 Å². The van der Waals surface area contributed by atoms with Gasteiger partial charge in [-0.2, -0.15) is 0 Å². The molecular weight excluding hydrogens is 273 g/mol. The molecule has 1 heterocycles. The van der Waals surface area contributed by atoms with Crippen LogP contribution in [0.5, 0.6) is 0 Å². The van der Waals surface area contributed by atoms with Gasteiger partial charge in [-0.3, -0.25) is 9.59 Å². The largest absolute Gasteiger partial charge is 0.481 e. The van der Waals surface area contributed by atoms with Gasteiger partial charge in [0.25, 0.3) is 0 Å². The summed E-state index contributed by atoms with van der Waals surface area (Å²) in [4.78, 5) is 25.5. The van der Waals surface area contributed by atoms with E-state index in [4.69, 9.17) is 5.11 Å². The highest BCUT2D eigenvalue weighted by molar-refractivity contribution is 5.86. The number of hydrogen-bond donors (Lipinski definition) is 1. The summed E-state index contributed by atoms with van der Waals surface area (Å²) in [5.41, 5.74) is 0.924. The van der Waals surface area contributed by atoms with Crippen molar-refractivity contribution in [1.82, 2.24) is 4.90 Å². The Morgan fingerprint density at radius 2 is 1.76 bits per heavy atom. The summed E-state index contributed by atoms with van der Waals surface area (Å²) in [5, 5.41) is 9.10. The van der Waals surface area contributed by atoms with Gasteiger partial charge in [0.2, 0.25) is 5.91 Å². The zero-order valence-corrected chi connectivity index (χ0v) is 11.7. The summed E-state index contributed by atoms with van der Waals surface area (Å²) in [6.45, 7) is 0.656. The van der Waals surface area contributed by atoms with E-state index in [0.717, 1.165) is 18.4 Å². The Hall–Kier alpha value is -1.91. The highest BCUT2D eigenvalue weighted by Gasteiger charge is 2.45. The van der Waals surface area contributed by atoms with Crippen LogP contribution in [0.25, 0.3) is 0 Å². The lowest BCUT2D eigenvalue weighted by molar-refractivity contribution is -0.157. The van der Waals surface area contributed by atoms with Crippen LogP contribution in [-0.4, -0.2) is 28.4 Å². The van der Waals surface area contributed by atoms with E-state index in [2.05, 4.69) is 0 Å². The molecule has 3 unspecified atom stereocenters. The van der Waals surface area contributed by atoms with Crippen molar-refractivity contribution in [2.75, 3.05) is 6.54 Å². The molecule has 0 bridgehead atoms. The summed E-state index contributed by atoms with van der Waals surface area (Å²) in [6.07, 6.45) is 2.99. The molecule has 0 aromatic heterocycles. The van der Waals surface area contributed by atoms with Crippen molar-refractivity contribution >= 4 is 11.9 Å². The second-order valence-electron chi connectivity index (χ2n) is 5.87. The molecule has 0 radical (unpaired) electrons. The number of benzene rings is 1. The van der Waals surface area contributed by atoms with Crippen molar-refractivity contribution in [3.05, 3.63) is 35.6 Å². The molecule has 112 valence electrons. The second kappa shape index (κ2) is 5.47. The van der Waals surface area contributed by atoms with Crippen molar-refractivity contribution in [3.8, 4) is 0 Å². The molecule has 1 saturated heterocycles. The number of halogens is 1. The molecule has 1 amide bonds. The van der Waals surface area contributed by atoms with Gasteiger partial charge in [-0.05, 0) is 43.4 Å². The third-order valence-electron chi connectivity index (χ3n) is 4.70. The predicted molar refractivity (Wildman–Crippen MR) is 73.9 cm³/mol. The molecule has 5 heteroatoms. The van der Waals surface area contributed by atoms with E-state index in [1.807, 2.05) is 0 Å². The predicted octanol–water partition coefficient (Wildman–Crippen LogP) is 2.60. The summed E-state index contributed by atoms with van der Waals surface area (Å²) in [6, 6.07) is 6.18. The van der Waals surface area contributed by atoms with Gasteiger partial charge in [0.1, 0.15) is 5.82 Å². The maximum atomic E-state index is 13.0. The Morgan fingerprint density at radius 3 is 2.33 bits per heavy atom. The standard InChI is InChI=1S/C16H18FNO3/c17-11-5-3-10(4-6-11)14-2-1-9-18(14)15(19)12-7-8-13(12)16(20)21/h3-6,12-14H,1-2,7-9H2,(H,20,21). The van der Waals surface area contributed by atoms with Gasteiger partial charge in [-0.15, -0.1) is 0 Å². The highest BCUT2D eigenvalue weighted by Crippen LogP contribution is 2.40. The maximum Gasteiger partial charge on any atom is 0.307 e. The zero-order chi connectivity index (χ0) is 15.0. The Labute approximate surface area is 122 Å². The molecule has 3 rings (SSSR count). The average molecular weight is 291 g/mol. The zero-order valence-electron chi connectivity index (χ0n) is 11.7. The normalized spacial score (nSPS) is 28.2. The molecule has 1 N–H and O–H groups in total. The van der Waals surface area contributed by atoms with Crippen LogP contribution in [0.15, 0.2) is 24.3 Å². The SMILES string of the molecule is O=C(O)C1CCC1C(=O)N1CCCC1c1ccc(F)cc1. The molecule has 4 nitrogen and oxygen atoms in total. The number of hydrogen-bond acceptors (Lipinski definition) is 2. The number of carbonyl (C=O) groups is 2. The molecule has 3 atom stereocenters. The third kappa shape index (κ3) is 2.52. The van der Waals surface area contributed by atoms with E-state index in [9.17, 15) is 14.0 Å². The van der Waals surface area contributed by atoms with Crippen LogP contribution in [0.2, 0.25) is 0 Å². The lowest BCUT2D eigenvalue weighted by atomic mass is 9.72. The number of aliphatic carboxylic acids is 1. The van der Waals surface area contributed by atoms with Crippen LogP contribution in [0, 0.1) is 17.7 Å². The first kappa shape index (κ1) is 14.0. The highest BCUT2D eigenvalue weighted by atomic mass is 19.1. The third-order valence-corrected chi connectivity index (χ3v) is 4.70. The van der Waals surface area contributed by atoms with E-state index >= 15 is 0 Å². The van der Waals surface area contributed by atoms with Crippen LogP contribution in [0.4, 0.5) is 4.39 Å². The average Bonchev–Trinajstić information content (AvgIpc) is 2.86. The molecule has 0 spiro atoms. The minimum atomic E-state index is -0.878. The van der Waals surface area contributed by atoms with Gasteiger partial charge in [-0.25, -0.2) is 4.39 Å². The number of carboxylic acid groups (broad SMARTS) is 1. The smallest absolute Gasteiger partial charge is 0.307 e. The van der Waals surface area contributed by atoms with E-state index in [1.165, 1.54) is 12.1 Å². The first-order valence-corrected chi connectivity index (χ1v) is 7.36. The minimum Gasteiger partial charge on any atom is -0.481 e. The van der Waals surface area contributed by atoms with Gasteiger partial charge in [0, 0.05) is 6.54 Å². The van der Waals surface area contributed by atoms with Crippen molar-refractivity contribution in [2.45, 2.75) is 31.7 Å². The lowest BCUT2D eigenvalue weighted by Crippen LogP contribution is -2.45. The molecule has 1 aliphatic carbocycles. The van der Waals surface area contributed by atoms with Crippen molar-refractivity contribution < 1.29 is 19.1 Å². The fourth-order valence-corrected chi connectivity index (χ4v) is 3.37. The molecule has 21 heavy (non-hydrogen) atoms. The van der Waals surface area contributed by atoms with Gasteiger partial charge in [0.15, 0.2) is 0 Å². The molecule has 1 aliphatic heterocycles. The van der Waals surface area contributed by atoms with Crippen LogP contribution in [-0.2, 0) is 9.59 Å².